The Kier molecular flexibility index (Phi) is 4.97. The van der Waals surface area contributed by atoms with Crippen LogP contribution < -0.4 is 11.1 Å². The molecule has 0 aliphatic carbocycles. The molecule has 0 saturated heterocycles. The van der Waals surface area contributed by atoms with Crippen LogP contribution >= 0.6 is 0 Å². The van der Waals surface area contributed by atoms with E-state index in [0.717, 1.165) is 12.1 Å². The van der Waals surface area contributed by atoms with Gasteiger partial charge in [0.1, 0.15) is 6.04 Å². The van der Waals surface area contributed by atoms with Gasteiger partial charge in [-0.05, 0) is 18.1 Å². The van der Waals surface area contributed by atoms with Gasteiger partial charge in [-0.15, -0.1) is 0 Å². The van der Waals surface area contributed by atoms with Crippen molar-refractivity contribution in [2.75, 3.05) is 0 Å². The third-order valence-electron chi connectivity index (χ3n) is 3.00. The molecule has 0 fully saturated rings. The monoisotopic (exact) mass is 270 g/mol. The second-order valence-corrected chi connectivity index (χ2v) is 4.34. The topological polar surface area (TPSA) is 72.2 Å². The molecule has 0 aliphatic rings. The van der Waals surface area contributed by atoms with E-state index < -0.39 is 35.1 Å². The van der Waals surface area contributed by atoms with Crippen molar-refractivity contribution in [3.05, 3.63) is 35.4 Å². The molecule has 0 spiro atoms. The Labute approximate surface area is 110 Å². The van der Waals surface area contributed by atoms with Gasteiger partial charge in [0.15, 0.2) is 11.6 Å². The molecule has 104 valence electrons. The largest absolute Gasteiger partial charge is 0.368 e. The average Bonchev–Trinajstić information content (AvgIpc) is 2.37. The van der Waals surface area contributed by atoms with E-state index in [1.54, 1.807) is 6.92 Å². The Morgan fingerprint density at radius 1 is 1.37 bits per heavy atom. The molecule has 0 bridgehead atoms. The van der Waals surface area contributed by atoms with Crippen LogP contribution in [0.2, 0.25) is 0 Å². The number of nitrogens with one attached hydrogen (secondary N) is 1. The number of carbonyl (C=O) groups is 2. The number of hydrogen-bond acceptors (Lipinski definition) is 2. The fourth-order valence-corrected chi connectivity index (χ4v) is 1.63. The predicted molar refractivity (Wildman–Crippen MR) is 66.3 cm³/mol. The van der Waals surface area contributed by atoms with Crippen molar-refractivity contribution in [3.8, 4) is 0 Å². The van der Waals surface area contributed by atoms with Crippen molar-refractivity contribution in [2.24, 2.45) is 11.7 Å². The summed E-state index contributed by atoms with van der Waals surface area (Å²) in [4.78, 5) is 23.1. The lowest BCUT2D eigenvalue weighted by molar-refractivity contribution is -0.120. The van der Waals surface area contributed by atoms with Gasteiger partial charge in [0, 0.05) is 0 Å². The molecule has 2 amide bonds. The molecular formula is C13H16F2N2O2. The molecule has 1 rings (SSSR count). The summed E-state index contributed by atoms with van der Waals surface area (Å²) in [7, 11) is 0. The lowest BCUT2D eigenvalue weighted by Gasteiger charge is -2.21. The number of nitrogens with two attached hydrogens (primary N) is 1. The van der Waals surface area contributed by atoms with Gasteiger partial charge in [-0.1, -0.05) is 26.3 Å². The van der Waals surface area contributed by atoms with Crippen molar-refractivity contribution in [1.82, 2.24) is 5.32 Å². The second-order valence-electron chi connectivity index (χ2n) is 4.34. The first kappa shape index (κ1) is 15.1. The third-order valence-corrected chi connectivity index (χ3v) is 3.00. The number of halogens is 2. The van der Waals surface area contributed by atoms with E-state index in [-0.39, 0.29) is 5.92 Å². The third kappa shape index (κ3) is 3.49. The molecule has 1 aromatic carbocycles. The van der Waals surface area contributed by atoms with Crippen LogP contribution in [-0.2, 0) is 4.79 Å². The molecule has 0 radical (unpaired) electrons. The van der Waals surface area contributed by atoms with Gasteiger partial charge in [0.05, 0.1) is 5.56 Å². The van der Waals surface area contributed by atoms with Crippen LogP contribution in [0, 0.1) is 17.6 Å². The molecule has 0 aromatic heterocycles. The van der Waals surface area contributed by atoms with Crippen LogP contribution in [0.3, 0.4) is 0 Å². The van der Waals surface area contributed by atoms with Crippen molar-refractivity contribution < 1.29 is 18.4 Å². The van der Waals surface area contributed by atoms with Crippen molar-refractivity contribution in [3.63, 3.8) is 0 Å². The SMILES string of the molecule is CC[C@H](C)[C@@H](NC(=O)c1cccc(F)c1F)C(N)=O. The van der Waals surface area contributed by atoms with E-state index in [0.29, 0.717) is 6.42 Å². The molecule has 4 nitrogen and oxygen atoms in total. The highest BCUT2D eigenvalue weighted by molar-refractivity contribution is 5.97. The molecular weight excluding hydrogens is 254 g/mol. The van der Waals surface area contributed by atoms with Gasteiger partial charge in [-0.25, -0.2) is 8.78 Å². The summed E-state index contributed by atoms with van der Waals surface area (Å²) in [5.74, 6) is -4.13. The lowest BCUT2D eigenvalue weighted by atomic mass is 9.98. The van der Waals surface area contributed by atoms with E-state index >= 15 is 0 Å². The van der Waals surface area contributed by atoms with E-state index in [2.05, 4.69) is 5.32 Å². The van der Waals surface area contributed by atoms with Crippen molar-refractivity contribution >= 4 is 11.8 Å². The normalized spacial score (nSPS) is 13.7. The first-order valence-electron chi connectivity index (χ1n) is 5.92. The average molecular weight is 270 g/mol. The molecule has 0 unspecified atom stereocenters. The summed E-state index contributed by atoms with van der Waals surface area (Å²) in [6.07, 6.45) is 0.611. The Morgan fingerprint density at radius 2 is 2.00 bits per heavy atom. The molecule has 0 saturated carbocycles. The zero-order chi connectivity index (χ0) is 14.6. The highest BCUT2D eigenvalue weighted by atomic mass is 19.2. The Balaban J connectivity index is 2.94. The quantitative estimate of drug-likeness (QED) is 0.853. The maximum absolute atomic E-state index is 13.4. The number of rotatable bonds is 5. The van der Waals surface area contributed by atoms with Crippen molar-refractivity contribution in [1.29, 1.82) is 0 Å². The standard InChI is InChI=1S/C13H16F2N2O2/c1-3-7(2)11(12(16)18)17-13(19)8-5-4-6-9(14)10(8)15/h4-7,11H,3H2,1-2H3,(H2,16,18)(H,17,19)/t7-,11+/m0/s1. The van der Waals surface area contributed by atoms with Crippen LogP contribution in [0.4, 0.5) is 8.78 Å². The molecule has 2 atom stereocenters. The summed E-state index contributed by atoms with van der Waals surface area (Å²) < 4.78 is 26.4. The van der Waals surface area contributed by atoms with Crippen LogP contribution in [0.15, 0.2) is 18.2 Å². The van der Waals surface area contributed by atoms with Crippen LogP contribution in [0.25, 0.3) is 0 Å². The summed E-state index contributed by atoms with van der Waals surface area (Å²) in [5.41, 5.74) is 4.74. The van der Waals surface area contributed by atoms with E-state index in [9.17, 15) is 18.4 Å². The predicted octanol–water partition coefficient (Wildman–Crippen LogP) is 1.59. The summed E-state index contributed by atoms with van der Waals surface area (Å²) in [6, 6.07) is 2.35. The molecule has 0 heterocycles. The zero-order valence-electron chi connectivity index (χ0n) is 10.7. The van der Waals surface area contributed by atoms with Crippen LogP contribution in [-0.4, -0.2) is 17.9 Å². The fourth-order valence-electron chi connectivity index (χ4n) is 1.63. The number of carbonyl (C=O) groups excluding carboxylic acids is 2. The Morgan fingerprint density at radius 3 is 2.53 bits per heavy atom. The van der Waals surface area contributed by atoms with E-state index in [1.807, 2.05) is 6.92 Å². The highest BCUT2D eigenvalue weighted by Crippen LogP contribution is 2.13. The number of primary amides is 1. The molecule has 0 aliphatic heterocycles. The number of benzene rings is 1. The highest BCUT2D eigenvalue weighted by Gasteiger charge is 2.25. The number of amides is 2. The maximum atomic E-state index is 13.4. The fraction of sp³-hybridized carbons (Fsp3) is 0.385. The van der Waals surface area contributed by atoms with E-state index in [4.69, 9.17) is 5.73 Å². The minimum absolute atomic E-state index is 0.196. The Bertz CT molecular complexity index is 492. The van der Waals surface area contributed by atoms with Gasteiger partial charge in [0.2, 0.25) is 5.91 Å². The molecule has 1 aromatic rings. The Hall–Kier alpha value is -1.98. The van der Waals surface area contributed by atoms with Gasteiger partial charge in [-0.2, -0.15) is 0 Å². The van der Waals surface area contributed by atoms with E-state index in [1.165, 1.54) is 6.07 Å². The van der Waals surface area contributed by atoms with Gasteiger partial charge >= 0.3 is 0 Å². The minimum Gasteiger partial charge on any atom is -0.368 e. The number of hydrogen-bond donors (Lipinski definition) is 2. The first-order valence-corrected chi connectivity index (χ1v) is 5.92. The summed E-state index contributed by atoms with van der Waals surface area (Å²) >= 11 is 0. The van der Waals surface area contributed by atoms with Gasteiger partial charge < -0.3 is 11.1 Å². The van der Waals surface area contributed by atoms with Crippen LogP contribution in [0.5, 0.6) is 0 Å². The second kappa shape index (κ2) is 6.26. The molecule has 3 N–H and O–H groups in total. The maximum Gasteiger partial charge on any atom is 0.255 e. The van der Waals surface area contributed by atoms with Gasteiger partial charge in [-0.3, -0.25) is 9.59 Å². The van der Waals surface area contributed by atoms with Crippen molar-refractivity contribution in [2.45, 2.75) is 26.3 Å². The lowest BCUT2D eigenvalue weighted by Crippen LogP contribution is -2.48. The van der Waals surface area contributed by atoms with Crippen LogP contribution in [0.1, 0.15) is 30.6 Å². The summed E-state index contributed by atoms with van der Waals surface area (Å²) in [5, 5.41) is 2.33. The first-order chi connectivity index (χ1) is 8.88. The minimum atomic E-state index is -1.24. The molecule has 19 heavy (non-hydrogen) atoms. The summed E-state index contributed by atoms with van der Waals surface area (Å²) in [6.45, 7) is 3.56. The van der Waals surface area contributed by atoms with Gasteiger partial charge in [0.25, 0.3) is 5.91 Å². The molecule has 6 heteroatoms. The zero-order valence-corrected chi connectivity index (χ0v) is 10.7. The smallest absolute Gasteiger partial charge is 0.255 e.